The number of alkyl halides is 7. The van der Waals surface area contributed by atoms with Crippen molar-refractivity contribution in [3.05, 3.63) is 12.2 Å². The van der Waals surface area contributed by atoms with Crippen molar-refractivity contribution in [3.63, 3.8) is 0 Å². The monoisotopic (exact) mass is 250 g/mol. The predicted molar refractivity (Wildman–Crippen MR) is 42.7 cm³/mol. The molecule has 0 aromatic rings. The Kier molecular flexibility index (Phi) is 2.61. The summed E-state index contributed by atoms with van der Waals surface area (Å²) < 4.78 is 91.6. The van der Waals surface area contributed by atoms with Crippen molar-refractivity contribution in [2.45, 2.75) is 37.3 Å². The molecule has 0 saturated heterocycles. The molecule has 0 aromatic carbocycles. The van der Waals surface area contributed by atoms with Gasteiger partial charge in [0.2, 0.25) is 5.67 Å². The summed E-state index contributed by atoms with van der Waals surface area (Å²) in [7, 11) is 0. The first kappa shape index (κ1) is 13.3. The first-order valence-electron chi connectivity index (χ1n) is 4.43. The zero-order valence-electron chi connectivity index (χ0n) is 8.38. The van der Waals surface area contributed by atoms with Gasteiger partial charge in [-0.25, -0.2) is 4.39 Å². The van der Waals surface area contributed by atoms with Gasteiger partial charge in [-0.3, -0.25) is 0 Å². The quantitative estimate of drug-likeness (QED) is 0.490. The summed E-state index contributed by atoms with van der Waals surface area (Å²) in [6, 6.07) is 0. The molecule has 1 rings (SSSR count). The van der Waals surface area contributed by atoms with Gasteiger partial charge in [0.25, 0.3) is 0 Å². The molecule has 0 aromatic heterocycles. The Morgan fingerprint density at radius 2 is 1.12 bits per heavy atom. The minimum Gasteiger partial charge on any atom is -0.229 e. The van der Waals surface area contributed by atoms with Crippen molar-refractivity contribution in [2.75, 3.05) is 0 Å². The summed E-state index contributed by atoms with van der Waals surface area (Å²) in [4.78, 5) is 0. The maximum absolute atomic E-state index is 13.7. The van der Waals surface area contributed by atoms with Crippen LogP contribution in [-0.4, -0.2) is 23.4 Å². The number of halogens is 7. The molecule has 0 aliphatic heterocycles. The van der Waals surface area contributed by atoms with E-state index in [1.54, 1.807) is 0 Å². The number of hydrogen-bond acceptors (Lipinski definition) is 0. The van der Waals surface area contributed by atoms with Crippen LogP contribution in [-0.2, 0) is 0 Å². The van der Waals surface area contributed by atoms with Crippen molar-refractivity contribution >= 4 is 0 Å². The van der Waals surface area contributed by atoms with Gasteiger partial charge in [0.05, 0.1) is 0 Å². The topological polar surface area (TPSA) is 0 Å². The Balaban J connectivity index is 3.49. The molecule has 1 aliphatic rings. The first-order chi connectivity index (χ1) is 6.90. The maximum Gasteiger partial charge on any atom is 0.353 e. The van der Waals surface area contributed by atoms with Gasteiger partial charge in [0, 0.05) is 5.92 Å². The molecule has 7 heteroatoms. The number of rotatable bonds is 1. The van der Waals surface area contributed by atoms with Crippen LogP contribution in [0, 0.1) is 5.92 Å². The Hall–Kier alpha value is -0.750. The van der Waals surface area contributed by atoms with Crippen molar-refractivity contribution in [1.82, 2.24) is 0 Å². The Morgan fingerprint density at radius 1 is 0.750 bits per heavy atom. The lowest BCUT2D eigenvalue weighted by Gasteiger charge is -2.45. The van der Waals surface area contributed by atoms with E-state index < -0.39 is 41.5 Å². The summed E-state index contributed by atoms with van der Waals surface area (Å²) in [5, 5.41) is 0. The fourth-order valence-corrected chi connectivity index (χ4v) is 1.63. The van der Waals surface area contributed by atoms with Crippen LogP contribution in [0.3, 0.4) is 0 Å². The number of hydrogen-bond donors (Lipinski definition) is 0. The molecule has 0 nitrogen and oxygen atoms in total. The molecule has 1 unspecified atom stereocenters. The molecule has 94 valence electrons. The second-order valence-electron chi connectivity index (χ2n) is 4.02. The van der Waals surface area contributed by atoms with Gasteiger partial charge in [-0.15, -0.1) is 0 Å². The Bertz CT molecular complexity index is 318. The lowest BCUT2D eigenvalue weighted by molar-refractivity contribution is -0.319. The summed E-state index contributed by atoms with van der Waals surface area (Å²) in [6.45, 7) is 1.41. The largest absolute Gasteiger partial charge is 0.353 e. The summed E-state index contributed by atoms with van der Waals surface area (Å²) in [6.07, 6.45) is -1.14. The fraction of sp³-hybridized carbons (Fsp3) is 0.778. The van der Waals surface area contributed by atoms with Crippen LogP contribution in [0.2, 0.25) is 0 Å². The van der Waals surface area contributed by atoms with Crippen molar-refractivity contribution in [3.8, 4) is 0 Å². The standard InChI is InChI=1S/C9H9F7/c1-5(2)8(14)6(10,11)3-4-7(12,13)9(8,15)16/h3-5H,1-2H3. The molecular weight excluding hydrogens is 241 g/mol. The van der Waals surface area contributed by atoms with Gasteiger partial charge >= 0.3 is 17.8 Å². The third-order valence-electron chi connectivity index (χ3n) is 2.66. The fourth-order valence-electron chi connectivity index (χ4n) is 1.63. The zero-order valence-corrected chi connectivity index (χ0v) is 8.38. The smallest absolute Gasteiger partial charge is 0.229 e. The molecule has 0 N–H and O–H groups in total. The molecule has 0 fully saturated rings. The molecule has 0 amide bonds. The summed E-state index contributed by atoms with van der Waals surface area (Å²) in [5.41, 5.74) is -4.60. The molecular formula is C9H9F7. The minimum absolute atomic E-state index is 0.496. The van der Waals surface area contributed by atoms with E-state index in [-0.39, 0.29) is 0 Å². The Labute approximate surface area is 87.1 Å². The van der Waals surface area contributed by atoms with Crippen molar-refractivity contribution < 1.29 is 30.7 Å². The second-order valence-corrected chi connectivity index (χ2v) is 4.02. The van der Waals surface area contributed by atoms with Crippen LogP contribution in [0.4, 0.5) is 30.7 Å². The van der Waals surface area contributed by atoms with Crippen LogP contribution in [0.25, 0.3) is 0 Å². The van der Waals surface area contributed by atoms with Gasteiger partial charge in [-0.2, -0.15) is 26.3 Å². The van der Waals surface area contributed by atoms with Gasteiger partial charge in [-0.05, 0) is 12.2 Å². The van der Waals surface area contributed by atoms with E-state index >= 15 is 0 Å². The average Bonchev–Trinajstić information content (AvgIpc) is 2.10. The third kappa shape index (κ3) is 1.29. The number of allylic oxidation sites excluding steroid dienone is 2. The van der Waals surface area contributed by atoms with E-state index in [0.29, 0.717) is 13.8 Å². The second kappa shape index (κ2) is 3.13. The zero-order chi connectivity index (χ0) is 13.0. The highest BCUT2D eigenvalue weighted by molar-refractivity contribution is 5.27. The highest BCUT2D eigenvalue weighted by Crippen LogP contribution is 2.58. The Morgan fingerprint density at radius 3 is 1.44 bits per heavy atom. The maximum atomic E-state index is 13.7. The molecule has 0 spiro atoms. The summed E-state index contributed by atoms with van der Waals surface area (Å²) >= 11 is 0. The average molecular weight is 250 g/mol. The SMILES string of the molecule is CC(C)C1(F)C(F)(F)C=CC(F)(F)C1(F)F. The van der Waals surface area contributed by atoms with E-state index in [4.69, 9.17) is 0 Å². The van der Waals surface area contributed by atoms with Crippen LogP contribution in [0.15, 0.2) is 12.2 Å². The normalized spacial score (nSPS) is 35.4. The lowest BCUT2D eigenvalue weighted by Crippen LogP contribution is -2.68. The van der Waals surface area contributed by atoms with E-state index in [9.17, 15) is 30.7 Å². The van der Waals surface area contributed by atoms with Gasteiger partial charge in [0.15, 0.2) is 0 Å². The van der Waals surface area contributed by atoms with E-state index in [1.165, 1.54) is 0 Å². The van der Waals surface area contributed by atoms with E-state index in [2.05, 4.69) is 0 Å². The minimum atomic E-state index is -5.45. The third-order valence-corrected chi connectivity index (χ3v) is 2.66. The van der Waals surface area contributed by atoms with Crippen LogP contribution < -0.4 is 0 Å². The molecule has 0 saturated carbocycles. The molecule has 16 heavy (non-hydrogen) atoms. The van der Waals surface area contributed by atoms with Crippen molar-refractivity contribution in [1.29, 1.82) is 0 Å². The van der Waals surface area contributed by atoms with Crippen LogP contribution in [0.5, 0.6) is 0 Å². The lowest BCUT2D eigenvalue weighted by atomic mass is 9.74. The van der Waals surface area contributed by atoms with Crippen LogP contribution >= 0.6 is 0 Å². The molecule has 0 heterocycles. The molecule has 1 atom stereocenters. The van der Waals surface area contributed by atoms with E-state index in [1.807, 2.05) is 0 Å². The van der Waals surface area contributed by atoms with E-state index in [0.717, 1.165) is 0 Å². The predicted octanol–water partition coefficient (Wildman–Crippen LogP) is 3.83. The van der Waals surface area contributed by atoms with Gasteiger partial charge in [0.1, 0.15) is 0 Å². The van der Waals surface area contributed by atoms with Crippen LogP contribution in [0.1, 0.15) is 13.8 Å². The highest BCUT2D eigenvalue weighted by atomic mass is 19.3. The van der Waals surface area contributed by atoms with Gasteiger partial charge < -0.3 is 0 Å². The first-order valence-corrected chi connectivity index (χ1v) is 4.43. The van der Waals surface area contributed by atoms with Crippen molar-refractivity contribution in [2.24, 2.45) is 5.92 Å². The van der Waals surface area contributed by atoms with Gasteiger partial charge in [-0.1, -0.05) is 13.8 Å². The summed E-state index contributed by atoms with van der Waals surface area (Å²) in [5.74, 6) is -17.0. The highest BCUT2D eigenvalue weighted by Gasteiger charge is 2.80. The molecule has 1 aliphatic carbocycles. The molecule has 0 bridgehead atoms. The molecule has 0 radical (unpaired) electrons.